The first-order valence-electron chi connectivity index (χ1n) is 10.8. The lowest BCUT2D eigenvalue weighted by Gasteiger charge is -2.12. The van der Waals surface area contributed by atoms with Gasteiger partial charge in [0.05, 0.1) is 28.6 Å². The Morgan fingerprint density at radius 2 is 1.74 bits per heavy atom. The van der Waals surface area contributed by atoms with E-state index in [2.05, 4.69) is 10.6 Å². The second-order valence-corrected chi connectivity index (χ2v) is 7.87. The van der Waals surface area contributed by atoms with Crippen molar-refractivity contribution in [2.24, 2.45) is 0 Å². The van der Waals surface area contributed by atoms with Crippen molar-refractivity contribution in [3.05, 3.63) is 82.6 Å². The molecule has 0 fully saturated rings. The minimum Gasteiger partial charge on any atom is -0.469 e. The van der Waals surface area contributed by atoms with Crippen LogP contribution in [-0.2, 0) is 0 Å². The van der Waals surface area contributed by atoms with Crippen LogP contribution < -0.4 is 10.6 Å². The average molecular weight is 463 g/mol. The van der Waals surface area contributed by atoms with Gasteiger partial charge in [-0.05, 0) is 55.8 Å². The van der Waals surface area contributed by atoms with Gasteiger partial charge in [-0.2, -0.15) is 0 Å². The molecule has 34 heavy (non-hydrogen) atoms. The highest BCUT2D eigenvalue weighted by molar-refractivity contribution is 6.22. The van der Waals surface area contributed by atoms with Crippen LogP contribution in [0.3, 0.4) is 0 Å². The number of aryl methyl sites for hydroxylation is 1. The summed E-state index contributed by atoms with van der Waals surface area (Å²) >= 11 is 0. The molecule has 174 valence electrons. The fraction of sp³-hybridized carbons (Fsp3) is 0.200. The van der Waals surface area contributed by atoms with Gasteiger partial charge in [-0.1, -0.05) is 13.3 Å². The largest absolute Gasteiger partial charge is 0.469 e. The van der Waals surface area contributed by atoms with E-state index in [1.54, 1.807) is 6.92 Å². The highest BCUT2D eigenvalue weighted by Crippen LogP contribution is 2.26. The lowest BCUT2D eigenvalue weighted by molar-refractivity contribution is 0.0652. The van der Waals surface area contributed by atoms with E-state index in [4.69, 9.17) is 4.42 Å². The first-order valence-corrected chi connectivity index (χ1v) is 10.8. The molecule has 0 saturated heterocycles. The number of furan rings is 1. The van der Waals surface area contributed by atoms with Crippen molar-refractivity contribution in [2.75, 3.05) is 17.2 Å². The topological polar surface area (TPSA) is 109 Å². The minimum atomic E-state index is -0.679. The van der Waals surface area contributed by atoms with Crippen LogP contribution in [0.4, 0.5) is 15.8 Å². The van der Waals surface area contributed by atoms with Crippen LogP contribution in [0.5, 0.6) is 0 Å². The number of anilines is 2. The van der Waals surface area contributed by atoms with Gasteiger partial charge >= 0.3 is 0 Å². The Morgan fingerprint density at radius 3 is 2.44 bits per heavy atom. The van der Waals surface area contributed by atoms with Crippen molar-refractivity contribution >= 4 is 35.0 Å². The predicted molar refractivity (Wildman–Crippen MR) is 122 cm³/mol. The van der Waals surface area contributed by atoms with Gasteiger partial charge in [-0.3, -0.25) is 24.1 Å². The number of halogens is 1. The third-order valence-corrected chi connectivity index (χ3v) is 5.54. The van der Waals surface area contributed by atoms with Gasteiger partial charge in [0.15, 0.2) is 0 Å². The zero-order valence-corrected chi connectivity index (χ0v) is 18.6. The normalized spacial score (nSPS) is 12.6. The van der Waals surface area contributed by atoms with Crippen LogP contribution in [0.2, 0.25) is 0 Å². The standard InChI is InChI=1S/C25H22FN3O5/c1-3-4-10-29-24(32)18-7-5-15(12-19(18)25(29)33)22(30)27-16-6-8-20(26)21(13-16)28-23(31)17-9-11-34-14(17)2/h5-9,11-13H,3-4,10H2,1-2H3,(H,27,30)(H,28,31). The number of rotatable bonds is 7. The number of carbonyl (C=O) groups is 4. The zero-order valence-electron chi connectivity index (χ0n) is 18.6. The van der Waals surface area contributed by atoms with E-state index >= 15 is 0 Å². The van der Waals surface area contributed by atoms with E-state index in [9.17, 15) is 23.6 Å². The Balaban J connectivity index is 1.51. The molecule has 0 spiro atoms. The number of unbranched alkanes of at least 4 members (excludes halogenated alkanes) is 1. The van der Waals surface area contributed by atoms with Gasteiger partial charge in [0.2, 0.25) is 0 Å². The highest BCUT2D eigenvalue weighted by Gasteiger charge is 2.35. The van der Waals surface area contributed by atoms with Gasteiger partial charge in [-0.25, -0.2) is 4.39 Å². The number of fused-ring (bicyclic) bond motifs is 1. The molecule has 0 radical (unpaired) electrons. The molecular formula is C25H22FN3O5. The van der Waals surface area contributed by atoms with E-state index in [0.717, 1.165) is 12.5 Å². The second kappa shape index (κ2) is 9.30. The molecule has 1 aliphatic rings. The Kier molecular flexibility index (Phi) is 6.27. The second-order valence-electron chi connectivity index (χ2n) is 7.87. The number of hydrogen-bond donors (Lipinski definition) is 2. The molecule has 0 atom stereocenters. The summed E-state index contributed by atoms with van der Waals surface area (Å²) in [5.74, 6) is -2.19. The van der Waals surface area contributed by atoms with Gasteiger partial charge in [0, 0.05) is 17.8 Å². The van der Waals surface area contributed by atoms with E-state index in [-0.39, 0.29) is 39.5 Å². The molecule has 0 saturated carbocycles. The van der Waals surface area contributed by atoms with Crippen molar-refractivity contribution < 1.29 is 28.0 Å². The van der Waals surface area contributed by atoms with Crippen LogP contribution in [0.15, 0.2) is 53.1 Å². The van der Waals surface area contributed by atoms with Gasteiger partial charge in [0.1, 0.15) is 11.6 Å². The number of nitrogens with zero attached hydrogens (tertiary/aromatic N) is 1. The third kappa shape index (κ3) is 4.32. The van der Waals surface area contributed by atoms with Crippen LogP contribution >= 0.6 is 0 Å². The van der Waals surface area contributed by atoms with Crippen LogP contribution in [0, 0.1) is 12.7 Å². The average Bonchev–Trinajstić information content (AvgIpc) is 3.35. The SMILES string of the molecule is CCCCN1C(=O)c2ccc(C(=O)Nc3ccc(F)c(NC(=O)c4ccoc4C)c3)cc2C1=O. The maximum Gasteiger partial charge on any atom is 0.261 e. The lowest BCUT2D eigenvalue weighted by Crippen LogP contribution is -2.30. The van der Waals surface area contributed by atoms with E-state index in [0.29, 0.717) is 18.7 Å². The van der Waals surface area contributed by atoms with E-state index < -0.39 is 23.5 Å². The Labute approximate surface area is 194 Å². The predicted octanol–water partition coefficient (Wildman–Crippen LogP) is 4.63. The molecule has 8 nitrogen and oxygen atoms in total. The van der Waals surface area contributed by atoms with Crippen molar-refractivity contribution in [1.82, 2.24) is 4.90 Å². The molecule has 2 aromatic carbocycles. The first-order chi connectivity index (χ1) is 16.3. The lowest BCUT2D eigenvalue weighted by atomic mass is 10.1. The summed E-state index contributed by atoms with van der Waals surface area (Å²) in [7, 11) is 0. The van der Waals surface area contributed by atoms with Gasteiger partial charge in [0.25, 0.3) is 23.6 Å². The van der Waals surface area contributed by atoms with E-state index in [1.165, 1.54) is 47.6 Å². The third-order valence-electron chi connectivity index (χ3n) is 5.54. The fourth-order valence-corrected chi connectivity index (χ4v) is 3.66. The molecule has 9 heteroatoms. The molecule has 4 rings (SSSR count). The summed E-state index contributed by atoms with van der Waals surface area (Å²) < 4.78 is 19.4. The maximum absolute atomic E-state index is 14.3. The number of benzene rings is 2. The van der Waals surface area contributed by atoms with Gasteiger partial charge in [-0.15, -0.1) is 0 Å². The molecular weight excluding hydrogens is 441 g/mol. The molecule has 2 heterocycles. The first kappa shape index (κ1) is 22.9. The van der Waals surface area contributed by atoms with Crippen molar-refractivity contribution in [1.29, 1.82) is 0 Å². The summed E-state index contributed by atoms with van der Waals surface area (Å²) in [5.41, 5.74) is 0.985. The van der Waals surface area contributed by atoms with Crippen molar-refractivity contribution in [2.45, 2.75) is 26.7 Å². The summed E-state index contributed by atoms with van der Waals surface area (Å²) in [6.07, 6.45) is 2.89. The van der Waals surface area contributed by atoms with Crippen molar-refractivity contribution in [3.63, 3.8) is 0 Å². The smallest absolute Gasteiger partial charge is 0.261 e. The number of nitrogens with one attached hydrogen (secondary N) is 2. The highest BCUT2D eigenvalue weighted by atomic mass is 19.1. The quantitative estimate of drug-likeness (QED) is 0.497. The maximum atomic E-state index is 14.3. The van der Waals surface area contributed by atoms with Crippen LogP contribution in [-0.4, -0.2) is 35.1 Å². The summed E-state index contributed by atoms with van der Waals surface area (Å²) in [6.45, 7) is 3.90. The minimum absolute atomic E-state index is 0.121. The van der Waals surface area contributed by atoms with Crippen LogP contribution in [0.1, 0.15) is 67.0 Å². The number of imide groups is 1. The summed E-state index contributed by atoms with van der Waals surface area (Å²) in [6, 6.07) is 9.51. The summed E-state index contributed by atoms with van der Waals surface area (Å²) in [4.78, 5) is 51.5. The van der Waals surface area contributed by atoms with E-state index in [1.807, 2.05) is 6.92 Å². The molecule has 3 aromatic rings. The number of amides is 4. The molecule has 0 bridgehead atoms. The molecule has 1 aliphatic heterocycles. The monoisotopic (exact) mass is 463 g/mol. The zero-order chi connectivity index (χ0) is 24.4. The molecule has 0 unspecified atom stereocenters. The molecule has 4 amide bonds. The number of carbonyl (C=O) groups excluding carboxylic acids is 4. The van der Waals surface area contributed by atoms with Gasteiger partial charge < -0.3 is 15.1 Å². The molecule has 2 N–H and O–H groups in total. The molecule has 0 aliphatic carbocycles. The Bertz CT molecular complexity index is 1310. The van der Waals surface area contributed by atoms with Crippen LogP contribution in [0.25, 0.3) is 0 Å². The summed E-state index contributed by atoms with van der Waals surface area (Å²) in [5, 5.41) is 5.08. The fourth-order valence-electron chi connectivity index (χ4n) is 3.66. The Hall–Kier alpha value is -4.27. The molecule has 1 aromatic heterocycles. The Morgan fingerprint density at radius 1 is 0.971 bits per heavy atom. The number of hydrogen-bond acceptors (Lipinski definition) is 5. The van der Waals surface area contributed by atoms with Crippen molar-refractivity contribution in [3.8, 4) is 0 Å².